The molecule has 4 heteroatoms. The first-order valence-corrected chi connectivity index (χ1v) is 7.25. The topological polar surface area (TPSA) is 44.1 Å². The van der Waals surface area contributed by atoms with Crippen LogP contribution in [0.25, 0.3) is 0 Å². The third-order valence-electron chi connectivity index (χ3n) is 4.09. The second kappa shape index (κ2) is 5.76. The number of hydrogen-bond donors (Lipinski definition) is 0. The zero-order chi connectivity index (χ0) is 14.0. The summed E-state index contributed by atoms with van der Waals surface area (Å²) in [5.41, 5.74) is 2.57. The second-order valence-electron chi connectivity index (χ2n) is 5.78. The Labute approximate surface area is 115 Å². The molecule has 1 aliphatic carbocycles. The molecule has 19 heavy (non-hydrogen) atoms. The van der Waals surface area contributed by atoms with Gasteiger partial charge in [-0.3, -0.25) is 9.48 Å². The third-order valence-corrected chi connectivity index (χ3v) is 4.09. The van der Waals surface area contributed by atoms with Crippen molar-refractivity contribution in [2.75, 3.05) is 6.61 Å². The van der Waals surface area contributed by atoms with Gasteiger partial charge >= 0.3 is 5.97 Å². The fraction of sp³-hybridized carbons (Fsp3) is 0.733. The van der Waals surface area contributed by atoms with Crippen molar-refractivity contribution in [3.8, 4) is 0 Å². The Balaban J connectivity index is 2.29. The fourth-order valence-electron chi connectivity index (χ4n) is 3.02. The first kappa shape index (κ1) is 14.1. The van der Waals surface area contributed by atoms with E-state index in [0.29, 0.717) is 24.4 Å². The summed E-state index contributed by atoms with van der Waals surface area (Å²) < 4.78 is 6.88. The Morgan fingerprint density at radius 2 is 2.26 bits per heavy atom. The summed E-state index contributed by atoms with van der Waals surface area (Å²) in [5, 5.41) is 4.42. The number of fused-ring (bicyclic) bond motifs is 1. The van der Waals surface area contributed by atoms with Crippen molar-refractivity contribution in [2.24, 2.45) is 5.92 Å². The lowest BCUT2D eigenvalue weighted by atomic mass is 9.76. The highest BCUT2D eigenvalue weighted by molar-refractivity contribution is 5.69. The molecule has 1 aromatic heterocycles. The molecule has 0 amide bonds. The van der Waals surface area contributed by atoms with Gasteiger partial charge in [0.15, 0.2) is 0 Å². The van der Waals surface area contributed by atoms with Gasteiger partial charge in [-0.15, -0.1) is 0 Å². The van der Waals surface area contributed by atoms with Crippen LogP contribution in [-0.4, -0.2) is 22.4 Å². The lowest BCUT2D eigenvalue weighted by Crippen LogP contribution is -2.23. The Bertz CT molecular complexity index is 451. The molecule has 0 unspecified atom stereocenters. The third kappa shape index (κ3) is 2.82. The van der Waals surface area contributed by atoms with Crippen molar-refractivity contribution in [1.82, 2.24) is 9.78 Å². The average molecular weight is 264 g/mol. The van der Waals surface area contributed by atoms with Gasteiger partial charge in [-0.1, -0.05) is 20.8 Å². The molecule has 1 heterocycles. The number of carbonyl (C=O) groups is 1. The summed E-state index contributed by atoms with van der Waals surface area (Å²) in [6.07, 6.45) is 4.33. The van der Waals surface area contributed by atoms with Crippen LogP contribution >= 0.6 is 0 Å². The number of nitrogens with zero attached hydrogens (tertiary/aromatic N) is 2. The molecule has 0 aliphatic heterocycles. The van der Waals surface area contributed by atoms with Gasteiger partial charge in [0.05, 0.1) is 12.8 Å². The summed E-state index contributed by atoms with van der Waals surface area (Å²) >= 11 is 0. The van der Waals surface area contributed by atoms with E-state index in [1.54, 1.807) is 0 Å². The molecule has 0 fully saturated rings. The molecule has 1 aromatic rings. The molecule has 4 nitrogen and oxygen atoms in total. The van der Waals surface area contributed by atoms with Crippen LogP contribution in [0.1, 0.15) is 63.6 Å². The summed E-state index contributed by atoms with van der Waals surface area (Å²) in [6.45, 7) is 9.21. The minimum atomic E-state index is -0.200. The predicted molar refractivity (Wildman–Crippen MR) is 74.1 cm³/mol. The zero-order valence-electron chi connectivity index (χ0n) is 12.3. The molecule has 1 aliphatic rings. The van der Waals surface area contributed by atoms with E-state index < -0.39 is 0 Å². The first-order valence-electron chi connectivity index (χ1n) is 7.25. The van der Waals surface area contributed by atoms with E-state index in [4.69, 9.17) is 4.74 Å². The maximum absolute atomic E-state index is 11.7. The van der Waals surface area contributed by atoms with Crippen LogP contribution in [0, 0.1) is 5.92 Å². The van der Waals surface area contributed by atoms with Gasteiger partial charge in [-0.2, -0.15) is 5.10 Å². The van der Waals surface area contributed by atoms with Gasteiger partial charge in [0, 0.05) is 11.6 Å². The van der Waals surface area contributed by atoms with E-state index in [-0.39, 0.29) is 12.5 Å². The highest BCUT2D eigenvalue weighted by Crippen LogP contribution is 2.41. The average Bonchev–Trinajstić information content (AvgIpc) is 2.74. The van der Waals surface area contributed by atoms with Crippen LogP contribution in [0.4, 0.5) is 0 Å². The van der Waals surface area contributed by atoms with E-state index in [0.717, 1.165) is 0 Å². The maximum Gasteiger partial charge on any atom is 0.327 e. The maximum atomic E-state index is 11.7. The molecular weight excluding hydrogens is 240 g/mol. The molecule has 0 spiro atoms. The van der Waals surface area contributed by atoms with Crippen molar-refractivity contribution >= 4 is 5.97 Å². The molecule has 0 radical (unpaired) electrons. The molecule has 0 bridgehead atoms. The quantitative estimate of drug-likeness (QED) is 0.785. The van der Waals surface area contributed by atoms with Crippen LogP contribution in [-0.2, 0) is 16.1 Å². The fourth-order valence-corrected chi connectivity index (χ4v) is 3.02. The smallest absolute Gasteiger partial charge is 0.327 e. The largest absolute Gasteiger partial charge is 0.465 e. The van der Waals surface area contributed by atoms with E-state index in [1.807, 2.05) is 17.8 Å². The van der Waals surface area contributed by atoms with Crippen LogP contribution in [0.5, 0.6) is 0 Å². The molecule has 2 rings (SSSR count). The monoisotopic (exact) mass is 264 g/mol. The summed E-state index contributed by atoms with van der Waals surface area (Å²) in [4.78, 5) is 11.7. The molecule has 106 valence electrons. The number of hydrogen-bond acceptors (Lipinski definition) is 3. The van der Waals surface area contributed by atoms with Gasteiger partial charge in [-0.05, 0) is 37.2 Å². The highest BCUT2D eigenvalue weighted by Gasteiger charge is 2.31. The molecular formula is C15H24N2O2. The highest BCUT2D eigenvalue weighted by atomic mass is 16.5. The molecule has 0 N–H and O–H groups in total. The Morgan fingerprint density at radius 3 is 2.89 bits per heavy atom. The normalized spacial score (nSPS) is 22.4. The van der Waals surface area contributed by atoms with Crippen molar-refractivity contribution in [3.63, 3.8) is 0 Å². The number of rotatable bonds is 4. The minimum absolute atomic E-state index is 0.200. The Morgan fingerprint density at radius 1 is 1.53 bits per heavy atom. The first-order chi connectivity index (χ1) is 9.04. The minimum Gasteiger partial charge on any atom is -0.465 e. The number of carbonyl (C=O) groups excluding carboxylic acids is 1. The van der Waals surface area contributed by atoms with Crippen LogP contribution in [0.2, 0.25) is 0 Å². The van der Waals surface area contributed by atoms with Crippen LogP contribution < -0.4 is 0 Å². The summed E-state index contributed by atoms with van der Waals surface area (Å²) in [5.74, 6) is 1.42. The van der Waals surface area contributed by atoms with Gasteiger partial charge < -0.3 is 4.74 Å². The Kier molecular flexibility index (Phi) is 4.27. The summed E-state index contributed by atoms with van der Waals surface area (Å²) in [6, 6.07) is 0. The van der Waals surface area contributed by atoms with E-state index in [1.165, 1.54) is 24.1 Å². The molecule has 0 aromatic carbocycles. The SMILES string of the molecule is CCOC(=O)Cn1ncc2c1[C@@H](C(C)C)CC[C@H]2C. The van der Waals surface area contributed by atoms with Crippen LogP contribution in [0.15, 0.2) is 6.20 Å². The van der Waals surface area contributed by atoms with Gasteiger partial charge in [0.25, 0.3) is 0 Å². The van der Waals surface area contributed by atoms with Crippen molar-refractivity contribution in [2.45, 2.75) is 58.9 Å². The molecule has 2 atom stereocenters. The van der Waals surface area contributed by atoms with E-state index in [9.17, 15) is 4.79 Å². The van der Waals surface area contributed by atoms with Crippen molar-refractivity contribution in [1.29, 1.82) is 0 Å². The van der Waals surface area contributed by atoms with Gasteiger partial charge in [0.2, 0.25) is 0 Å². The van der Waals surface area contributed by atoms with Crippen LogP contribution in [0.3, 0.4) is 0 Å². The van der Waals surface area contributed by atoms with E-state index in [2.05, 4.69) is 25.9 Å². The molecule has 0 saturated carbocycles. The van der Waals surface area contributed by atoms with Crippen molar-refractivity contribution < 1.29 is 9.53 Å². The number of esters is 1. The van der Waals surface area contributed by atoms with E-state index >= 15 is 0 Å². The zero-order valence-corrected chi connectivity index (χ0v) is 12.3. The van der Waals surface area contributed by atoms with Gasteiger partial charge in [-0.25, -0.2) is 0 Å². The summed E-state index contributed by atoms with van der Waals surface area (Å²) in [7, 11) is 0. The molecule has 0 saturated heterocycles. The second-order valence-corrected chi connectivity index (χ2v) is 5.78. The standard InChI is InChI=1S/C15H24N2O2/c1-5-19-14(18)9-17-15-12(10(2)3)7-6-11(4)13(15)8-16-17/h8,10-12H,5-7,9H2,1-4H3/t11-,12-/m1/s1. The predicted octanol–water partition coefficient (Wildman–Crippen LogP) is 3.08. The van der Waals surface area contributed by atoms with Gasteiger partial charge in [0.1, 0.15) is 6.54 Å². The lowest BCUT2D eigenvalue weighted by molar-refractivity contribution is -0.144. The number of ether oxygens (including phenoxy) is 1. The lowest BCUT2D eigenvalue weighted by Gasteiger charge is -2.30. The van der Waals surface area contributed by atoms with Crippen molar-refractivity contribution in [3.05, 3.63) is 17.5 Å². The number of aromatic nitrogens is 2. The Hall–Kier alpha value is -1.32.